The summed E-state index contributed by atoms with van der Waals surface area (Å²) >= 11 is 5.90. The average Bonchev–Trinajstić information content (AvgIpc) is 3.07. The largest absolute Gasteiger partial charge is 0.497 e. The van der Waals surface area contributed by atoms with Gasteiger partial charge in [-0.25, -0.2) is 0 Å². The van der Waals surface area contributed by atoms with Gasteiger partial charge in [-0.1, -0.05) is 6.07 Å². The van der Waals surface area contributed by atoms with Crippen molar-refractivity contribution in [3.8, 4) is 17.2 Å². The van der Waals surface area contributed by atoms with Crippen LogP contribution < -0.4 is 14.8 Å². The number of hydrogen-bond donors (Lipinski definition) is 1. The Morgan fingerprint density at radius 3 is 2.42 bits per heavy atom. The van der Waals surface area contributed by atoms with Crippen LogP contribution in [0.25, 0.3) is 10.9 Å². The second-order valence-electron chi connectivity index (χ2n) is 7.90. The molecule has 0 aliphatic heterocycles. The molecule has 0 fully saturated rings. The molecular weight excluding hydrogens is 436 g/mol. The summed E-state index contributed by atoms with van der Waals surface area (Å²) in [4.78, 5) is 12.7. The van der Waals surface area contributed by atoms with Gasteiger partial charge >= 0.3 is 0 Å². The van der Waals surface area contributed by atoms with E-state index in [1.807, 2.05) is 18.2 Å². The van der Waals surface area contributed by atoms with E-state index in [-0.39, 0.29) is 5.91 Å². The van der Waals surface area contributed by atoms with Crippen LogP contribution in [0, 0.1) is 13.8 Å². The topological polar surface area (TPSA) is 52.5 Å². The zero-order valence-electron chi connectivity index (χ0n) is 19.0. The standard InChI is InChI=1S/C27H27ClN2O3/c1-18-19(2)30(15-5-14-28)26-13-12-24(17-25(18)26)33-23-7-4-6-20(16-23)27(31)29-21-8-10-22(32-3)11-9-21/h4,6-13,16-17H,5,14-15H2,1-3H3,(H,29,31). The first-order valence-electron chi connectivity index (χ1n) is 10.9. The number of anilines is 1. The van der Waals surface area contributed by atoms with E-state index in [9.17, 15) is 4.79 Å². The van der Waals surface area contributed by atoms with E-state index in [0.717, 1.165) is 29.9 Å². The highest BCUT2D eigenvalue weighted by Gasteiger charge is 2.13. The molecule has 0 spiro atoms. The summed E-state index contributed by atoms with van der Waals surface area (Å²) in [6.45, 7) is 5.16. The molecule has 0 atom stereocenters. The lowest BCUT2D eigenvalue weighted by molar-refractivity contribution is 0.102. The molecule has 0 aliphatic rings. The van der Waals surface area contributed by atoms with Crippen LogP contribution in [-0.2, 0) is 6.54 Å². The summed E-state index contributed by atoms with van der Waals surface area (Å²) in [5, 5.41) is 4.06. The molecule has 170 valence electrons. The van der Waals surface area contributed by atoms with Gasteiger partial charge in [0.2, 0.25) is 0 Å². The lowest BCUT2D eigenvalue weighted by Crippen LogP contribution is -2.11. The maximum Gasteiger partial charge on any atom is 0.255 e. The normalized spacial score (nSPS) is 10.9. The number of aromatic nitrogens is 1. The quantitative estimate of drug-likeness (QED) is 0.288. The summed E-state index contributed by atoms with van der Waals surface area (Å²) in [6, 6.07) is 20.5. The third-order valence-electron chi connectivity index (χ3n) is 5.81. The van der Waals surface area contributed by atoms with Gasteiger partial charge in [-0.3, -0.25) is 4.79 Å². The Labute approximate surface area is 198 Å². The zero-order chi connectivity index (χ0) is 23.4. The molecule has 6 heteroatoms. The van der Waals surface area contributed by atoms with Crippen LogP contribution in [0.1, 0.15) is 28.0 Å². The van der Waals surface area contributed by atoms with Crippen LogP contribution in [0.15, 0.2) is 66.7 Å². The van der Waals surface area contributed by atoms with Crippen molar-refractivity contribution in [1.29, 1.82) is 0 Å². The summed E-state index contributed by atoms with van der Waals surface area (Å²) in [7, 11) is 1.61. The van der Waals surface area contributed by atoms with Crippen molar-refractivity contribution >= 4 is 34.1 Å². The molecule has 3 aromatic carbocycles. The van der Waals surface area contributed by atoms with E-state index in [0.29, 0.717) is 22.9 Å². The van der Waals surface area contributed by atoms with Gasteiger partial charge in [0.05, 0.1) is 7.11 Å². The molecule has 0 aliphatic carbocycles. The molecule has 1 amide bonds. The van der Waals surface area contributed by atoms with E-state index >= 15 is 0 Å². The third-order valence-corrected chi connectivity index (χ3v) is 6.07. The number of halogens is 1. The molecule has 1 heterocycles. The number of methoxy groups -OCH3 is 1. The van der Waals surface area contributed by atoms with Crippen molar-refractivity contribution in [2.75, 3.05) is 18.3 Å². The molecule has 1 N–H and O–H groups in total. The number of rotatable bonds is 8. The maximum atomic E-state index is 12.7. The fourth-order valence-electron chi connectivity index (χ4n) is 3.91. The fourth-order valence-corrected chi connectivity index (χ4v) is 4.03. The SMILES string of the molecule is COc1ccc(NC(=O)c2cccc(Oc3ccc4c(c3)c(C)c(C)n4CCCCl)c2)cc1. The lowest BCUT2D eigenvalue weighted by Gasteiger charge is -2.10. The molecule has 4 rings (SSSR count). The number of ether oxygens (including phenoxy) is 2. The molecule has 1 aromatic heterocycles. The minimum atomic E-state index is -0.205. The minimum absolute atomic E-state index is 0.205. The first-order chi connectivity index (χ1) is 16.0. The minimum Gasteiger partial charge on any atom is -0.497 e. The third kappa shape index (κ3) is 4.99. The molecule has 4 aromatic rings. The molecule has 33 heavy (non-hydrogen) atoms. The van der Waals surface area contributed by atoms with Crippen LogP contribution in [-0.4, -0.2) is 23.5 Å². The molecule has 0 saturated carbocycles. The van der Waals surface area contributed by atoms with Crippen molar-refractivity contribution in [1.82, 2.24) is 4.57 Å². The van der Waals surface area contributed by atoms with Crippen LogP contribution in [0.2, 0.25) is 0 Å². The Balaban J connectivity index is 1.52. The number of carbonyl (C=O) groups excluding carboxylic acids is 1. The van der Waals surface area contributed by atoms with Gasteiger partial charge in [-0.2, -0.15) is 0 Å². The molecule has 5 nitrogen and oxygen atoms in total. The number of nitrogens with one attached hydrogen (secondary N) is 1. The second-order valence-corrected chi connectivity index (χ2v) is 8.27. The van der Waals surface area contributed by atoms with Gasteiger partial charge in [-0.15, -0.1) is 11.6 Å². The molecule has 0 saturated heterocycles. The number of aryl methyl sites for hydroxylation is 2. The van der Waals surface area contributed by atoms with Crippen LogP contribution in [0.4, 0.5) is 5.69 Å². The Bertz CT molecular complexity index is 1280. The van der Waals surface area contributed by atoms with Gasteiger partial charge < -0.3 is 19.4 Å². The molecule has 0 radical (unpaired) electrons. The van der Waals surface area contributed by atoms with E-state index in [1.54, 1.807) is 43.5 Å². The predicted octanol–water partition coefficient (Wildman–Crippen LogP) is 6.94. The van der Waals surface area contributed by atoms with Gasteiger partial charge in [0.15, 0.2) is 0 Å². The summed E-state index contributed by atoms with van der Waals surface area (Å²) in [6.07, 6.45) is 0.926. The van der Waals surface area contributed by atoms with E-state index < -0.39 is 0 Å². The summed E-state index contributed by atoms with van der Waals surface area (Å²) < 4.78 is 13.6. The molecule has 0 unspecified atom stereocenters. The number of benzene rings is 3. The van der Waals surface area contributed by atoms with E-state index in [4.69, 9.17) is 21.1 Å². The summed E-state index contributed by atoms with van der Waals surface area (Å²) in [5.74, 6) is 2.51. The highest BCUT2D eigenvalue weighted by Crippen LogP contribution is 2.31. The highest BCUT2D eigenvalue weighted by atomic mass is 35.5. The van der Waals surface area contributed by atoms with E-state index in [1.165, 1.54) is 16.8 Å². The van der Waals surface area contributed by atoms with Crippen molar-refractivity contribution in [3.63, 3.8) is 0 Å². The average molecular weight is 463 g/mol. The molecular formula is C27H27ClN2O3. The zero-order valence-corrected chi connectivity index (χ0v) is 19.8. The maximum absolute atomic E-state index is 12.7. The number of carbonyl (C=O) groups is 1. The summed E-state index contributed by atoms with van der Waals surface area (Å²) in [5.41, 5.74) is 4.86. The Morgan fingerprint density at radius 2 is 1.70 bits per heavy atom. The fraction of sp³-hybridized carbons (Fsp3) is 0.222. The Kier molecular flexibility index (Phi) is 6.90. The van der Waals surface area contributed by atoms with Gasteiger partial charge in [0.1, 0.15) is 17.2 Å². The monoisotopic (exact) mass is 462 g/mol. The Morgan fingerprint density at radius 1 is 0.970 bits per heavy atom. The Hall–Kier alpha value is -3.44. The number of hydrogen-bond acceptors (Lipinski definition) is 3. The number of nitrogens with zero attached hydrogens (tertiary/aromatic N) is 1. The molecule has 0 bridgehead atoms. The van der Waals surface area contributed by atoms with Crippen molar-refractivity contribution in [2.45, 2.75) is 26.8 Å². The predicted molar refractivity (Wildman–Crippen MR) is 134 cm³/mol. The van der Waals surface area contributed by atoms with Crippen LogP contribution in [0.3, 0.4) is 0 Å². The first-order valence-corrected chi connectivity index (χ1v) is 11.4. The van der Waals surface area contributed by atoms with Crippen molar-refractivity contribution in [2.24, 2.45) is 0 Å². The van der Waals surface area contributed by atoms with Gasteiger partial charge in [-0.05, 0) is 86.5 Å². The van der Waals surface area contributed by atoms with Crippen molar-refractivity contribution in [3.05, 3.63) is 83.6 Å². The first kappa shape index (κ1) is 22.7. The number of fused-ring (bicyclic) bond motifs is 1. The number of amides is 1. The smallest absolute Gasteiger partial charge is 0.255 e. The van der Waals surface area contributed by atoms with Crippen LogP contribution >= 0.6 is 11.6 Å². The second kappa shape index (κ2) is 10.0. The van der Waals surface area contributed by atoms with Crippen molar-refractivity contribution < 1.29 is 14.3 Å². The van der Waals surface area contributed by atoms with Crippen LogP contribution in [0.5, 0.6) is 17.2 Å². The van der Waals surface area contributed by atoms with Gasteiger partial charge in [0.25, 0.3) is 5.91 Å². The van der Waals surface area contributed by atoms with E-state index in [2.05, 4.69) is 35.9 Å². The lowest BCUT2D eigenvalue weighted by atomic mass is 10.1. The van der Waals surface area contributed by atoms with Gasteiger partial charge in [0, 0.05) is 40.3 Å². The highest BCUT2D eigenvalue weighted by molar-refractivity contribution is 6.17. The number of alkyl halides is 1.